The van der Waals surface area contributed by atoms with Crippen LogP contribution in [-0.2, 0) is 6.54 Å². The molecule has 0 bridgehead atoms. The van der Waals surface area contributed by atoms with E-state index in [1.807, 2.05) is 13.8 Å². The van der Waals surface area contributed by atoms with Gasteiger partial charge in [-0.1, -0.05) is 11.6 Å². The van der Waals surface area contributed by atoms with Crippen LogP contribution in [0.4, 0.5) is 0 Å². The highest BCUT2D eigenvalue weighted by molar-refractivity contribution is 7.99. The Balaban J connectivity index is 2.37. The summed E-state index contributed by atoms with van der Waals surface area (Å²) in [5, 5.41) is 7.47. The molecule has 90 valence electrons. The molecule has 2 rings (SSSR count). The molecule has 17 heavy (non-hydrogen) atoms. The molecule has 0 saturated carbocycles. The molecule has 0 radical (unpaired) electrons. The molecule has 0 fully saturated rings. The van der Waals surface area contributed by atoms with Crippen molar-refractivity contribution in [2.75, 3.05) is 0 Å². The van der Waals surface area contributed by atoms with Gasteiger partial charge < -0.3 is 0 Å². The van der Waals surface area contributed by atoms with E-state index in [4.69, 9.17) is 11.6 Å². The summed E-state index contributed by atoms with van der Waals surface area (Å²) in [5.41, 5.74) is 0.797. The largest absolute Gasteiger partial charge is 0.343 e. The molecule has 2 heterocycles. The number of nitrogens with zero attached hydrogens (tertiary/aromatic N) is 3. The maximum Gasteiger partial charge on any atom is 0.343 e. The van der Waals surface area contributed by atoms with Crippen molar-refractivity contribution in [1.29, 1.82) is 0 Å². The first-order chi connectivity index (χ1) is 8.11. The number of hydrogen-bond acceptors (Lipinski definition) is 4. The van der Waals surface area contributed by atoms with Crippen LogP contribution in [0.15, 0.2) is 27.1 Å². The molecular formula is C10H11ClN4OS. The van der Waals surface area contributed by atoms with Crippen LogP contribution in [0.3, 0.4) is 0 Å². The molecule has 0 unspecified atom stereocenters. The van der Waals surface area contributed by atoms with E-state index >= 15 is 0 Å². The zero-order valence-electron chi connectivity index (χ0n) is 9.40. The molecule has 0 aliphatic rings. The number of halogens is 1. The van der Waals surface area contributed by atoms with Crippen LogP contribution in [0.2, 0.25) is 5.15 Å². The number of rotatable bonds is 3. The summed E-state index contributed by atoms with van der Waals surface area (Å²) in [7, 11) is 0. The number of aryl methyl sites for hydroxylation is 1. The third-order valence-electron chi connectivity index (χ3n) is 2.26. The van der Waals surface area contributed by atoms with Crippen molar-refractivity contribution < 1.29 is 0 Å². The van der Waals surface area contributed by atoms with E-state index in [-0.39, 0.29) is 5.69 Å². The van der Waals surface area contributed by atoms with Crippen molar-refractivity contribution in [3.63, 3.8) is 0 Å². The first-order valence-corrected chi connectivity index (χ1v) is 6.26. The molecule has 5 nitrogen and oxygen atoms in total. The minimum atomic E-state index is -0.201. The maximum absolute atomic E-state index is 11.4. The first kappa shape index (κ1) is 12.2. The van der Waals surface area contributed by atoms with Gasteiger partial charge in [-0.15, -0.1) is 5.10 Å². The SMILES string of the molecule is CCn1c(Sc2cc(Cl)ncc2C)n[nH]c1=O. The van der Waals surface area contributed by atoms with Gasteiger partial charge in [-0.05, 0) is 37.2 Å². The lowest BCUT2D eigenvalue weighted by atomic mass is 10.3. The molecule has 7 heteroatoms. The van der Waals surface area contributed by atoms with E-state index in [9.17, 15) is 4.79 Å². The summed E-state index contributed by atoms with van der Waals surface area (Å²) in [6.45, 7) is 4.41. The molecule has 1 N–H and O–H groups in total. The van der Waals surface area contributed by atoms with Crippen LogP contribution in [0, 0.1) is 6.92 Å². The zero-order chi connectivity index (χ0) is 12.4. The third-order valence-corrected chi connectivity index (χ3v) is 3.62. The molecule has 0 atom stereocenters. The number of pyridine rings is 1. The highest BCUT2D eigenvalue weighted by Gasteiger charge is 2.10. The molecule has 0 amide bonds. The maximum atomic E-state index is 11.4. The Hall–Kier alpha value is -1.27. The van der Waals surface area contributed by atoms with E-state index in [0.717, 1.165) is 10.5 Å². The van der Waals surface area contributed by atoms with Crippen LogP contribution in [0.5, 0.6) is 0 Å². The quantitative estimate of drug-likeness (QED) is 0.868. The fourth-order valence-electron chi connectivity index (χ4n) is 1.35. The third kappa shape index (κ3) is 2.53. The average molecular weight is 271 g/mol. The number of aromatic nitrogens is 4. The van der Waals surface area contributed by atoms with Crippen LogP contribution in [-0.4, -0.2) is 19.7 Å². The number of hydrogen-bond donors (Lipinski definition) is 1. The summed E-state index contributed by atoms with van der Waals surface area (Å²) in [4.78, 5) is 16.3. The molecule has 0 aromatic carbocycles. The Morgan fingerprint density at radius 3 is 3.06 bits per heavy atom. The smallest absolute Gasteiger partial charge is 0.270 e. The minimum Gasteiger partial charge on any atom is -0.270 e. The van der Waals surface area contributed by atoms with Gasteiger partial charge in [0.15, 0.2) is 5.16 Å². The predicted molar refractivity (Wildman–Crippen MR) is 66.6 cm³/mol. The Labute approximate surface area is 107 Å². The van der Waals surface area contributed by atoms with Gasteiger partial charge >= 0.3 is 5.69 Å². The number of H-pyrrole nitrogens is 1. The molecule has 0 spiro atoms. The highest BCUT2D eigenvalue weighted by atomic mass is 35.5. The second-order valence-corrected chi connectivity index (χ2v) is 4.83. The lowest BCUT2D eigenvalue weighted by Gasteiger charge is -2.05. The molecule has 0 aliphatic heterocycles. The fourth-order valence-corrected chi connectivity index (χ4v) is 2.57. The van der Waals surface area contributed by atoms with Crippen LogP contribution in [0.1, 0.15) is 12.5 Å². The molecular weight excluding hydrogens is 260 g/mol. The Kier molecular flexibility index (Phi) is 3.54. The molecule has 2 aromatic rings. The van der Waals surface area contributed by atoms with Crippen molar-refractivity contribution in [2.24, 2.45) is 0 Å². The van der Waals surface area contributed by atoms with E-state index in [1.54, 1.807) is 16.8 Å². The highest BCUT2D eigenvalue weighted by Crippen LogP contribution is 2.29. The molecule has 2 aromatic heterocycles. The standard InChI is InChI=1S/C10H11ClN4OS/c1-3-15-9(16)13-14-10(15)17-7-4-8(11)12-5-6(7)2/h4-5H,3H2,1-2H3,(H,13,16). The van der Waals surface area contributed by atoms with Gasteiger partial charge in [0, 0.05) is 17.6 Å². The summed E-state index contributed by atoms with van der Waals surface area (Å²) in [6.07, 6.45) is 1.70. The van der Waals surface area contributed by atoms with E-state index < -0.39 is 0 Å². The lowest BCUT2D eigenvalue weighted by Crippen LogP contribution is -2.16. The summed E-state index contributed by atoms with van der Waals surface area (Å²) in [6, 6.07) is 1.76. The molecule has 0 aliphatic carbocycles. The van der Waals surface area contributed by atoms with E-state index in [1.165, 1.54) is 11.8 Å². The summed E-state index contributed by atoms with van der Waals surface area (Å²) >= 11 is 7.24. The van der Waals surface area contributed by atoms with Crippen molar-refractivity contribution in [3.05, 3.63) is 33.5 Å². The van der Waals surface area contributed by atoms with Gasteiger partial charge in [-0.3, -0.25) is 4.57 Å². The number of aromatic amines is 1. The van der Waals surface area contributed by atoms with Crippen LogP contribution in [0.25, 0.3) is 0 Å². The Morgan fingerprint density at radius 2 is 2.35 bits per heavy atom. The lowest BCUT2D eigenvalue weighted by molar-refractivity contribution is 0.660. The van der Waals surface area contributed by atoms with Crippen molar-refractivity contribution >= 4 is 23.4 Å². The Bertz CT molecular complexity index is 592. The van der Waals surface area contributed by atoms with Gasteiger partial charge in [-0.25, -0.2) is 14.9 Å². The monoisotopic (exact) mass is 270 g/mol. The Morgan fingerprint density at radius 1 is 1.59 bits per heavy atom. The zero-order valence-corrected chi connectivity index (χ0v) is 11.0. The normalized spacial score (nSPS) is 10.8. The summed E-state index contributed by atoms with van der Waals surface area (Å²) < 4.78 is 1.57. The van der Waals surface area contributed by atoms with Gasteiger partial charge in [0.1, 0.15) is 5.15 Å². The molecule has 0 saturated heterocycles. The average Bonchev–Trinajstić information content (AvgIpc) is 2.64. The van der Waals surface area contributed by atoms with E-state index in [2.05, 4.69) is 15.2 Å². The first-order valence-electron chi connectivity index (χ1n) is 5.07. The number of nitrogens with one attached hydrogen (secondary N) is 1. The topological polar surface area (TPSA) is 63.6 Å². The van der Waals surface area contributed by atoms with E-state index in [0.29, 0.717) is 16.9 Å². The predicted octanol–water partition coefficient (Wildman–Crippen LogP) is 2.10. The van der Waals surface area contributed by atoms with Crippen molar-refractivity contribution in [3.8, 4) is 0 Å². The van der Waals surface area contributed by atoms with Crippen LogP contribution < -0.4 is 5.69 Å². The van der Waals surface area contributed by atoms with Gasteiger partial charge in [-0.2, -0.15) is 0 Å². The van der Waals surface area contributed by atoms with Crippen LogP contribution >= 0.6 is 23.4 Å². The summed E-state index contributed by atoms with van der Waals surface area (Å²) in [5.74, 6) is 0. The fraction of sp³-hybridized carbons (Fsp3) is 0.300. The van der Waals surface area contributed by atoms with Crippen molar-refractivity contribution in [2.45, 2.75) is 30.4 Å². The van der Waals surface area contributed by atoms with Gasteiger partial charge in [0.2, 0.25) is 0 Å². The second kappa shape index (κ2) is 4.93. The van der Waals surface area contributed by atoms with Gasteiger partial charge in [0.25, 0.3) is 0 Å². The van der Waals surface area contributed by atoms with Crippen molar-refractivity contribution in [1.82, 2.24) is 19.7 Å². The van der Waals surface area contributed by atoms with Gasteiger partial charge in [0.05, 0.1) is 0 Å². The second-order valence-electron chi connectivity index (χ2n) is 3.43. The minimum absolute atomic E-state index is 0.201.